The Kier molecular flexibility index (Phi) is 6.00. The van der Waals surface area contributed by atoms with E-state index in [0.29, 0.717) is 35.0 Å². The van der Waals surface area contributed by atoms with Gasteiger partial charge in [0.25, 0.3) is 0 Å². The monoisotopic (exact) mass is 500 g/mol. The van der Waals surface area contributed by atoms with Gasteiger partial charge in [0, 0.05) is 33.9 Å². The molecule has 7 nitrogen and oxygen atoms in total. The van der Waals surface area contributed by atoms with Crippen molar-refractivity contribution in [2.24, 2.45) is 40.4 Å². The fraction of sp³-hybridized carbons (Fsp3) is 0.815. The first-order chi connectivity index (χ1) is 16.4. The lowest BCUT2D eigenvalue weighted by atomic mass is 9.44. The number of nitriles is 1. The second-order valence-electron chi connectivity index (χ2n) is 12.9. The number of aliphatic hydroxyl groups is 1. The molecule has 192 valence electrons. The van der Waals surface area contributed by atoms with Gasteiger partial charge in [-0.25, -0.2) is 0 Å². The average molecular weight is 501 g/mol. The normalized spacial score (nSPS) is 44.4. The summed E-state index contributed by atoms with van der Waals surface area (Å²) >= 11 is 0. The third-order valence-electron chi connectivity index (χ3n) is 10.7. The molecule has 8 heteroatoms. The molecule has 4 fully saturated rings. The van der Waals surface area contributed by atoms with E-state index in [1.165, 1.54) is 6.20 Å². The third kappa shape index (κ3) is 4.27. The van der Waals surface area contributed by atoms with E-state index in [-0.39, 0.29) is 29.1 Å². The molecule has 0 amide bonds. The van der Waals surface area contributed by atoms with Crippen LogP contribution in [0.2, 0.25) is 0 Å². The Hall–Kier alpha value is -1.72. The highest BCUT2D eigenvalue weighted by atomic mass is 32.2. The van der Waals surface area contributed by atoms with Crippen molar-refractivity contribution in [3.63, 3.8) is 0 Å². The molecule has 5 rings (SSSR count). The highest BCUT2D eigenvalue weighted by Crippen LogP contribution is 2.68. The van der Waals surface area contributed by atoms with Crippen molar-refractivity contribution < 1.29 is 14.1 Å². The molecule has 0 spiro atoms. The number of aromatic nitrogens is 2. The minimum atomic E-state index is -2.66. The number of rotatable bonds is 5. The number of carbonyl (C=O) groups is 1. The van der Waals surface area contributed by atoms with Crippen LogP contribution in [0.5, 0.6) is 0 Å². The Balaban J connectivity index is 1.40. The van der Waals surface area contributed by atoms with E-state index in [0.717, 1.165) is 57.8 Å². The number of nitrogens with one attached hydrogen (secondary N) is 1. The summed E-state index contributed by atoms with van der Waals surface area (Å²) in [6.07, 6.45) is 13.2. The highest BCUT2D eigenvalue weighted by molar-refractivity contribution is 7.91. The standard InChI is InChI=1S/C27H40N4O3S/c1-25(33)10-11-27(17-35(3,29)34)19(12-25)4-5-20-21-6-7-23(26(21,2)9-8-22(20)27)24(32)16-31-15-18(13-28)14-30-31/h14-15,19-23,29,33H,4-12,16-17H2,1-3H3/t19-,20+,21+,22+,23-,25-,26+,27-,35?/m1/s1. The van der Waals surface area contributed by atoms with Crippen LogP contribution in [0.25, 0.3) is 0 Å². The lowest BCUT2D eigenvalue weighted by molar-refractivity contribution is -0.149. The first-order valence-corrected chi connectivity index (χ1v) is 15.4. The Morgan fingerprint density at radius 2 is 2.00 bits per heavy atom. The maximum atomic E-state index is 13.4. The molecular weight excluding hydrogens is 460 g/mol. The van der Waals surface area contributed by atoms with Gasteiger partial charge in [0.15, 0.2) is 5.78 Å². The van der Waals surface area contributed by atoms with Gasteiger partial charge in [-0.05, 0) is 99.2 Å². The molecule has 0 saturated heterocycles. The van der Waals surface area contributed by atoms with Crippen molar-refractivity contribution in [2.45, 2.75) is 83.8 Å². The summed E-state index contributed by atoms with van der Waals surface area (Å²) in [5.41, 5.74) is -0.343. The summed E-state index contributed by atoms with van der Waals surface area (Å²) in [5.74, 6) is 2.42. The van der Waals surface area contributed by atoms with E-state index in [1.807, 2.05) is 6.92 Å². The van der Waals surface area contributed by atoms with Crippen molar-refractivity contribution >= 4 is 15.5 Å². The van der Waals surface area contributed by atoms with Crippen molar-refractivity contribution in [3.05, 3.63) is 18.0 Å². The maximum absolute atomic E-state index is 13.4. The van der Waals surface area contributed by atoms with Crippen LogP contribution in [0, 0.1) is 56.5 Å². The predicted molar refractivity (Wildman–Crippen MR) is 134 cm³/mol. The van der Waals surface area contributed by atoms with Gasteiger partial charge in [0.1, 0.15) is 6.07 Å². The first kappa shape index (κ1) is 25.0. The molecular formula is C27H40N4O3S. The number of carbonyl (C=O) groups excluding carboxylic acids is 1. The fourth-order valence-electron chi connectivity index (χ4n) is 9.33. The summed E-state index contributed by atoms with van der Waals surface area (Å²) in [6.45, 7) is 4.49. The molecule has 4 aliphatic rings. The van der Waals surface area contributed by atoms with Crippen LogP contribution in [0.15, 0.2) is 12.4 Å². The Morgan fingerprint density at radius 1 is 1.23 bits per heavy atom. The van der Waals surface area contributed by atoms with Gasteiger partial charge in [-0.2, -0.15) is 10.4 Å². The Bertz CT molecular complexity index is 1150. The van der Waals surface area contributed by atoms with E-state index in [4.69, 9.17) is 10.0 Å². The second-order valence-corrected chi connectivity index (χ2v) is 15.2. The summed E-state index contributed by atoms with van der Waals surface area (Å²) < 4.78 is 22.9. The molecule has 4 saturated carbocycles. The molecule has 35 heavy (non-hydrogen) atoms. The predicted octanol–water partition coefficient (Wildman–Crippen LogP) is 4.39. The largest absolute Gasteiger partial charge is 0.390 e. The summed E-state index contributed by atoms with van der Waals surface area (Å²) in [7, 11) is -2.66. The summed E-state index contributed by atoms with van der Waals surface area (Å²) in [5, 5.41) is 24.1. The minimum Gasteiger partial charge on any atom is -0.390 e. The quantitative estimate of drug-likeness (QED) is 0.621. The molecule has 1 heterocycles. The zero-order valence-corrected chi connectivity index (χ0v) is 22.1. The van der Waals surface area contributed by atoms with Gasteiger partial charge in [0.2, 0.25) is 0 Å². The Morgan fingerprint density at radius 3 is 2.69 bits per heavy atom. The molecule has 0 bridgehead atoms. The SMILES string of the molecule is C[C@@]1(O)CC[C@@]2(CS(C)(=N)=O)[C@H](CC[C@H]3[C@@H]4CC[C@H](C(=O)Cn5cc(C#N)cn5)[C@@]4(C)CC[C@@H]32)C1. The fourth-order valence-corrected chi connectivity index (χ4v) is 11.0. The van der Waals surface area contributed by atoms with Crippen molar-refractivity contribution in [3.8, 4) is 6.07 Å². The molecule has 1 aromatic rings. The zero-order chi connectivity index (χ0) is 25.2. The first-order valence-electron chi connectivity index (χ1n) is 13.3. The van der Waals surface area contributed by atoms with Gasteiger partial charge < -0.3 is 5.11 Å². The van der Waals surface area contributed by atoms with E-state index < -0.39 is 15.3 Å². The van der Waals surface area contributed by atoms with Gasteiger partial charge in [-0.1, -0.05) is 6.92 Å². The van der Waals surface area contributed by atoms with Crippen LogP contribution in [-0.2, 0) is 21.1 Å². The number of Topliss-reactive ketones (excluding diaryl/α,β-unsaturated/α-hetero) is 1. The van der Waals surface area contributed by atoms with E-state index in [1.54, 1.807) is 17.1 Å². The molecule has 0 aromatic carbocycles. The molecule has 4 aliphatic carbocycles. The Labute approximate surface area is 209 Å². The topological polar surface area (TPSA) is 120 Å². The van der Waals surface area contributed by atoms with Gasteiger partial charge in [-0.3, -0.25) is 18.5 Å². The van der Waals surface area contributed by atoms with Crippen LogP contribution in [0.4, 0.5) is 0 Å². The smallest absolute Gasteiger partial charge is 0.157 e. The van der Waals surface area contributed by atoms with Gasteiger partial charge >= 0.3 is 0 Å². The van der Waals surface area contributed by atoms with Crippen LogP contribution < -0.4 is 0 Å². The molecule has 0 aliphatic heterocycles. The number of fused-ring (bicyclic) bond motifs is 5. The summed E-state index contributed by atoms with van der Waals surface area (Å²) in [4.78, 5) is 13.4. The molecule has 2 N–H and O–H groups in total. The molecule has 0 radical (unpaired) electrons. The third-order valence-corrected chi connectivity index (χ3v) is 11.8. The van der Waals surface area contributed by atoms with Crippen LogP contribution >= 0.6 is 0 Å². The van der Waals surface area contributed by atoms with Crippen molar-refractivity contribution in [1.82, 2.24) is 9.78 Å². The van der Waals surface area contributed by atoms with Crippen LogP contribution in [0.3, 0.4) is 0 Å². The summed E-state index contributed by atoms with van der Waals surface area (Å²) in [6, 6.07) is 2.08. The highest BCUT2D eigenvalue weighted by Gasteiger charge is 2.63. The number of hydrogen-bond donors (Lipinski definition) is 2. The van der Waals surface area contributed by atoms with E-state index >= 15 is 0 Å². The average Bonchev–Trinajstić information content (AvgIpc) is 3.36. The lowest BCUT2D eigenvalue weighted by Gasteiger charge is -2.62. The van der Waals surface area contributed by atoms with Crippen LogP contribution in [-0.4, -0.2) is 42.5 Å². The van der Waals surface area contributed by atoms with Crippen molar-refractivity contribution in [2.75, 3.05) is 12.0 Å². The van der Waals surface area contributed by atoms with E-state index in [2.05, 4.69) is 18.1 Å². The molecule has 1 aromatic heterocycles. The number of ketones is 1. The molecule has 9 atom stereocenters. The van der Waals surface area contributed by atoms with Crippen LogP contribution in [0.1, 0.15) is 77.2 Å². The minimum absolute atomic E-state index is 0.00974. The second kappa shape index (κ2) is 8.41. The number of hydrogen-bond acceptors (Lipinski definition) is 6. The van der Waals surface area contributed by atoms with Crippen molar-refractivity contribution in [1.29, 1.82) is 10.0 Å². The van der Waals surface area contributed by atoms with Gasteiger partial charge in [-0.15, -0.1) is 0 Å². The lowest BCUT2D eigenvalue weighted by Crippen LogP contribution is -2.59. The zero-order valence-electron chi connectivity index (χ0n) is 21.3. The van der Waals surface area contributed by atoms with E-state index in [9.17, 15) is 14.1 Å². The molecule has 1 unspecified atom stereocenters. The number of nitrogens with zero attached hydrogens (tertiary/aromatic N) is 3. The van der Waals surface area contributed by atoms with Gasteiger partial charge in [0.05, 0.1) is 23.9 Å². The maximum Gasteiger partial charge on any atom is 0.157 e.